The largest absolute Gasteiger partial charge is 0.438 e. The lowest BCUT2D eigenvalue weighted by molar-refractivity contribution is -0.326. The maximum absolute atomic E-state index is 13.9. The normalized spacial score (nSPS) is 28.2. The predicted molar refractivity (Wildman–Crippen MR) is 106 cm³/mol. The molecule has 174 valence electrons. The molecule has 4 fully saturated rings. The second kappa shape index (κ2) is 8.40. The van der Waals surface area contributed by atoms with Crippen LogP contribution in [-0.2, 0) is 35.0 Å². The van der Waals surface area contributed by atoms with Crippen LogP contribution >= 0.6 is 0 Å². The summed E-state index contributed by atoms with van der Waals surface area (Å²) in [5.74, 6) is -5.00. The van der Waals surface area contributed by atoms with Gasteiger partial charge < -0.3 is 19.1 Å². The summed E-state index contributed by atoms with van der Waals surface area (Å²) in [5, 5.41) is 0. The highest BCUT2D eigenvalue weighted by molar-refractivity contribution is 5.95. The molecule has 4 aliphatic rings. The lowest BCUT2D eigenvalue weighted by Gasteiger charge is -2.54. The third-order valence-corrected chi connectivity index (χ3v) is 6.37. The molecule has 32 heavy (non-hydrogen) atoms. The van der Waals surface area contributed by atoms with E-state index in [0.717, 1.165) is 12.1 Å². The molecular formula is C22H26F2N2O6. The second-order valence-electron chi connectivity index (χ2n) is 8.52. The molecule has 4 heterocycles. The Kier molecular flexibility index (Phi) is 5.93. The summed E-state index contributed by atoms with van der Waals surface area (Å²) in [5.41, 5.74) is -0.737. The number of nitrogens with zero attached hydrogens (tertiary/aromatic N) is 2. The number of amides is 1. The molecule has 2 bridgehead atoms. The Labute approximate surface area is 184 Å². The average molecular weight is 452 g/mol. The van der Waals surface area contributed by atoms with E-state index in [1.165, 1.54) is 17.9 Å². The highest BCUT2D eigenvalue weighted by atomic mass is 19.1. The number of piperidine rings is 1. The van der Waals surface area contributed by atoms with Crippen LogP contribution in [0.2, 0.25) is 0 Å². The Balaban J connectivity index is 1.52. The van der Waals surface area contributed by atoms with Crippen LogP contribution in [0.15, 0.2) is 18.2 Å². The van der Waals surface area contributed by atoms with E-state index in [1.807, 2.05) is 0 Å². The Morgan fingerprint density at radius 2 is 1.84 bits per heavy atom. The summed E-state index contributed by atoms with van der Waals surface area (Å²) in [6.07, 6.45) is -0.439. The van der Waals surface area contributed by atoms with Gasteiger partial charge >= 0.3 is 11.9 Å². The average Bonchev–Trinajstić information content (AvgIpc) is 2.79. The van der Waals surface area contributed by atoms with Crippen molar-refractivity contribution in [2.75, 3.05) is 26.2 Å². The first-order chi connectivity index (χ1) is 15.2. The molecule has 2 atom stereocenters. The summed E-state index contributed by atoms with van der Waals surface area (Å²) in [4.78, 5) is 40.8. The van der Waals surface area contributed by atoms with Crippen molar-refractivity contribution >= 4 is 17.8 Å². The number of ether oxygens (including phenoxy) is 3. The van der Waals surface area contributed by atoms with Crippen molar-refractivity contribution in [3.8, 4) is 0 Å². The van der Waals surface area contributed by atoms with Crippen molar-refractivity contribution in [1.82, 2.24) is 9.80 Å². The summed E-state index contributed by atoms with van der Waals surface area (Å²) in [7, 11) is 0. The fraction of sp³-hybridized carbons (Fsp3) is 0.591. The van der Waals surface area contributed by atoms with Gasteiger partial charge in [0.1, 0.15) is 23.7 Å². The number of carbonyl (C=O) groups excluding carboxylic acids is 3. The van der Waals surface area contributed by atoms with E-state index in [1.54, 1.807) is 6.92 Å². The van der Waals surface area contributed by atoms with E-state index in [4.69, 9.17) is 14.2 Å². The number of fused-ring (bicyclic) bond motifs is 5. The van der Waals surface area contributed by atoms with Gasteiger partial charge in [0.15, 0.2) is 0 Å². The van der Waals surface area contributed by atoms with Crippen molar-refractivity contribution in [2.24, 2.45) is 0 Å². The van der Waals surface area contributed by atoms with E-state index in [0.29, 0.717) is 44.5 Å². The van der Waals surface area contributed by atoms with Crippen molar-refractivity contribution in [3.63, 3.8) is 0 Å². The second-order valence-corrected chi connectivity index (χ2v) is 8.52. The standard InChI is InChI=1S/C22H26F2N2O6/c1-3-26-19(29)21(2)31-18(28)13-17(27)30-20(26)22(32-21)7-10-25(11-8-22)9-6-14-12-15(23)4-5-16(14)24/h4-5,12,20H,3,6-11,13H2,1-2H3/t20?,21-/m0/s1. The number of halogens is 2. The van der Waals surface area contributed by atoms with Crippen LogP contribution in [0.1, 0.15) is 38.7 Å². The van der Waals surface area contributed by atoms with Gasteiger partial charge in [-0.15, -0.1) is 0 Å². The fourth-order valence-electron chi connectivity index (χ4n) is 4.73. The zero-order valence-corrected chi connectivity index (χ0v) is 18.1. The Hall–Kier alpha value is -2.59. The predicted octanol–water partition coefficient (Wildman–Crippen LogP) is 1.75. The summed E-state index contributed by atoms with van der Waals surface area (Å²) < 4.78 is 44.4. The molecule has 4 saturated heterocycles. The highest BCUT2D eigenvalue weighted by Gasteiger charge is 2.62. The van der Waals surface area contributed by atoms with Gasteiger partial charge in [-0.05, 0) is 49.9 Å². The van der Waals surface area contributed by atoms with Gasteiger partial charge in [0.25, 0.3) is 11.7 Å². The van der Waals surface area contributed by atoms with Crippen molar-refractivity contribution in [3.05, 3.63) is 35.4 Å². The van der Waals surface area contributed by atoms with Gasteiger partial charge in [-0.2, -0.15) is 0 Å². The van der Waals surface area contributed by atoms with E-state index < -0.39 is 53.5 Å². The zero-order valence-electron chi connectivity index (χ0n) is 18.1. The minimum absolute atomic E-state index is 0.248. The number of carbonyl (C=O) groups is 3. The fourth-order valence-corrected chi connectivity index (χ4v) is 4.73. The number of likely N-dealkylation sites (tertiary alicyclic amines) is 1. The molecule has 0 aliphatic carbocycles. The van der Waals surface area contributed by atoms with Crippen molar-refractivity contribution in [2.45, 2.75) is 57.1 Å². The molecule has 10 heteroatoms. The number of hydrogen-bond donors (Lipinski definition) is 0. The molecule has 0 N–H and O–H groups in total. The lowest BCUT2D eigenvalue weighted by Crippen LogP contribution is -2.72. The number of benzene rings is 1. The van der Waals surface area contributed by atoms with Gasteiger partial charge in [0, 0.05) is 33.1 Å². The number of rotatable bonds is 4. The Morgan fingerprint density at radius 3 is 2.53 bits per heavy atom. The Bertz CT molecular complexity index is 933. The van der Waals surface area contributed by atoms with E-state index in [2.05, 4.69) is 4.90 Å². The first-order valence-electron chi connectivity index (χ1n) is 10.7. The Morgan fingerprint density at radius 1 is 1.12 bits per heavy atom. The molecule has 1 spiro atoms. The third-order valence-electron chi connectivity index (χ3n) is 6.37. The zero-order chi connectivity index (χ0) is 23.1. The molecular weight excluding hydrogens is 426 g/mol. The molecule has 8 nitrogen and oxygen atoms in total. The highest BCUT2D eigenvalue weighted by Crippen LogP contribution is 2.43. The van der Waals surface area contributed by atoms with Gasteiger partial charge in [0.2, 0.25) is 6.23 Å². The van der Waals surface area contributed by atoms with Gasteiger partial charge in [-0.25, -0.2) is 8.78 Å². The number of likely N-dealkylation sites (N-methyl/N-ethyl adjacent to an activating group) is 1. The van der Waals surface area contributed by atoms with Crippen molar-refractivity contribution in [1.29, 1.82) is 0 Å². The van der Waals surface area contributed by atoms with Crippen LogP contribution in [-0.4, -0.2) is 71.4 Å². The first-order valence-corrected chi connectivity index (χ1v) is 10.7. The van der Waals surface area contributed by atoms with Crippen molar-refractivity contribution < 1.29 is 37.4 Å². The minimum atomic E-state index is -1.84. The van der Waals surface area contributed by atoms with Crippen LogP contribution in [0.5, 0.6) is 0 Å². The SMILES string of the molecule is CCN1C(=O)[C@@]2(C)OC(=O)CC(=O)OC1C1(CCN(CCc3cc(F)ccc3F)CC1)O2. The van der Waals surface area contributed by atoms with Gasteiger partial charge in [0.05, 0.1) is 0 Å². The quantitative estimate of drug-likeness (QED) is 0.508. The molecule has 0 saturated carbocycles. The van der Waals surface area contributed by atoms with Crippen LogP contribution in [0.4, 0.5) is 8.78 Å². The molecule has 4 aliphatic heterocycles. The molecule has 1 amide bonds. The monoisotopic (exact) mass is 452 g/mol. The third kappa shape index (κ3) is 4.09. The first kappa shape index (κ1) is 22.6. The van der Waals surface area contributed by atoms with E-state index in [-0.39, 0.29) is 6.54 Å². The van der Waals surface area contributed by atoms with Crippen LogP contribution in [0, 0.1) is 11.6 Å². The molecule has 1 aromatic rings. The lowest BCUT2D eigenvalue weighted by atomic mass is 9.85. The maximum Gasteiger partial charge on any atom is 0.320 e. The minimum Gasteiger partial charge on any atom is -0.438 e. The molecule has 0 aromatic heterocycles. The number of hydrogen-bond acceptors (Lipinski definition) is 7. The van der Waals surface area contributed by atoms with Crippen LogP contribution < -0.4 is 0 Å². The van der Waals surface area contributed by atoms with Crippen LogP contribution in [0.3, 0.4) is 0 Å². The van der Waals surface area contributed by atoms with Gasteiger partial charge in [-0.3, -0.25) is 19.3 Å². The smallest absolute Gasteiger partial charge is 0.320 e. The van der Waals surface area contributed by atoms with Gasteiger partial charge in [-0.1, -0.05) is 0 Å². The molecule has 1 unspecified atom stereocenters. The molecule has 0 radical (unpaired) electrons. The molecule has 1 aromatic carbocycles. The number of esters is 2. The number of morpholine rings is 1. The summed E-state index contributed by atoms with van der Waals surface area (Å²) in [6.45, 7) is 4.92. The topological polar surface area (TPSA) is 85.4 Å². The van der Waals surface area contributed by atoms with E-state index in [9.17, 15) is 23.2 Å². The van der Waals surface area contributed by atoms with E-state index >= 15 is 0 Å². The maximum atomic E-state index is 13.9. The molecule has 5 rings (SSSR count). The summed E-state index contributed by atoms with van der Waals surface area (Å²) in [6, 6.07) is 3.40. The summed E-state index contributed by atoms with van der Waals surface area (Å²) >= 11 is 0. The van der Waals surface area contributed by atoms with Crippen LogP contribution in [0.25, 0.3) is 0 Å².